The lowest BCUT2D eigenvalue weighted by Gasteiger charge is -2.09. The number of halogens is 2. The molecular weight excluding hydrogens is 250 g/mol. The monoisotopic (exact) mass is 260 g/mol. The van der Waals surface area contributed by atoms with E-state index < -0.39 is 11.6 Å². The smallest absolute Gasteiger partial charge is 0.151 e. The molecule has 96 valence electrons. The largest absolute Gasteiger partial charge is 0.384 e. The summed E-state index contributed by atoms with van der Waals surface area (Å²) >= 11 is 0. The van der Waals surface area contributed by atoms with Crippen molar-refractivity contribution in [3.05, 3.63) is 47.2 Å². The van der Waals surface area contributed by atoms with Gasteiger partial charge in [0.1, 0.15) is 17.3 Å². The first-order valence-electron chi connectivity index (χ1n) is 5.86. The van der Waals surface area contributed by atoms with E-state index in [0.717, 1.165) is 11.6 Å². The standard InChI is InChI=1S/C14H10F2N2O/c15-9-4-11(10-1-2-17-13(10)5-9)14-12(16)3-8(7-19)6-18-14/h3-7,17H,1-2H2. The van der Waals surface area contributed by atoms with Gasteiger partial charge in [-0.3, -0.25) is 9.78 Å². The van der Waals surface area contributed by atoms with Gasteiger partial charge in [0.05, 0.1) is 0 Å². The molecule has 1 aliphatic heterocycles. The summed E-state index contributed by atoms with van der Waals surface area (Å²) in [7, 11) is 0. The normalized spacial score (nSPS) is 12.9. The molecule has 0 aliphatic carbocycles. The van der Waals surface area contributed by atoms with Crippen LogP contribution in [0.15, 0.2) is 24.4 Å². The number of nitrogens with zero attached hydrogens (tertiary/aromatic N) is 1. The van der Waals surface area contributed by atoms with Crippen LogP contribution in [0.1, 0.15) is 15.9 Å². The summed E-state index contributed by atoms with van der Waals surface area (Å²) in [5.74, 6) is -1.06. The van der Waals surface area contributed by atoms with Gasteiger partial charge in [-0.2, -0.15) is 0 Å². The summed E-state index contributed by atoms with van der Waals surface area (Å²) in [4.78, 5) is 14.5. The minimum atomic E-state index is -0.621. The van der Waals surface area contributed by atoms with E-state index in [1.165, 1.54) is 18.3 Å². The van der Waals surface area contributed by atoms with Crippen molar-refractivity contribution in [3.8, 4) is 11.3 Å². The Morgan fingerprint density at radius 2 is 2.11 bits per heavy atom. The topological polar surface area (TPSA) is 42.0 Å². The average molecular weight is 260 g/mol. The first kappa shape index (κ1) is 11.8. The molecule has 0 bridgehead atoms. The predicted octanol–water partition coefficient (Wildman–Crippen LogP) is 2.81. The second kappa shape index (κ2) is 4.42. The van der Waals surface area contributed by atoms with Crippen molar-refractivity contribution in [2.45, 2.75) is 6.42 Å². The third kappa shape index (κ3) is 1.97. The van der Waals surface area contributed by atoms with Crippen LogP contribution in [0.5, 0.6) is 0 Å². The molecule has 0 unspecified atom stereocenters. The van der Waals surface area contributed by atoms with Gasteiger partial charge in [-0.25, -0.2) is 8.78 Å². The number of carbonyl (C=O) groups excluding carboxylic acids is 1. The first-order chi connectivity index (χ1) is 9.19. The molecule has 1 aliphatic rings. The van der Waals surface area contributed by atoms with Gasteiger partial charge in [-0.15, -0.1) is 0 Å². The van der Waals surface area contributed by atoms with Crippen LogP contribution in [0.3, 0.4) is 0 Å². The van der Waals surface area contributed by atoms with Gasteiger partial charge in [0.25, 0.3) is 0 Å². The number of anilines is 1. The van der Waals surface area contributed by atoms with E-state index in [1.807, 2.05) is 0 Å². The van der Waals surface area contributed by atoms with E-state index >= 15 is 0 Å². The van der Waals surface area contributed by atoms with Gasteiger partial charge in [-0.05, 0) is 30.2 Å². The molecule has 0 saturated carbocycles. The van der Waals surface area contributed by atoms with Crippen LogP contribution in [0.4, 0.5) is 14.5 Å². The lowest BCUT2D eigenvalue weighted by molar-refractivity contribution is 0.112. The van der Waals surface area contributed by atoms with Crippen LogP contribution in [-0.2, 0) is 6.42 Å². The Hall–Kier alpha value is -2.30. The molecule has 0 radical (unpaired) electrons. The fourth-order valence-electron chi connectivity index (χ4n) is 2.31. The van der Waals surface area contributed by atoms with Crippen molar-refractivity contribution < 1.29 is 13.6 Å². The molecule has 1 aromatic carbocycles. The minimum absolute atomic E-state index is 0.0741. The number of aldehydes is 1. The zero-order valence-corrected chi connectivity index (χ0v) is 9.91. The highest BCUT2D eigenvalue weighted by molar-refractivity contribution is 5.78. The summed E-state index contributed by atoms with van der Waals surface area (Å²) in [6.45, 7) is 0.694. The van der Waals surface area contributed by atoms with Crippen molar-refractivity contribution >= 4 is 12.0 Å². The fraction of sp³-hybridized carbons (Fsp3) is 0.143. The molecule has 0 spiro atoms. The van der Waals surface area contributed by atoms with Crippen LogP contribution in [-0.4, -0.2) is 17.8 Å². The maximum absolute atomic E-state index is 14.0. The molecular formula is C14H10F2N2O. The Balaban J connectivity index is 2.20. The van der Waals surface area contributed by atoms with E-state index in [9.17, 15) is 13.6 Å². The molecule has 5 heteroatoms. The maximum Gasteiger partial charge on any atom is 0.151 e. The molecule has 3 rings (SSSR count). The molecule has 0 amide bonds. The molecule has 2 heterocycles. The number of pyridine rings is 1. The van der Waals surface area contributed by atoms with Gasteiger partial charge in [-0.1, -0.05) is 0 Å². The van der Waals surface area contributed by atoms with Crippen LogP contribution in [0.2, 0.25) is 0 Å². The van der Waals surface area contributed by atoms with Gasteiger partial charge in [0.15, 0.2) is 6.29 Å². The van der Waals surface area contributed by atoms with Crippen molar-refractivity contribution in [1.29, 1.82) is 0 Å². The van der Waals surface area contributed by atoms with Crippen LogP contribution in [0, 0.1) is 11.6 Å². The Labute approximate surface area is 108 Å². The Kier molecular flexibility index (Phi) is 2.74. The van der Waals surface area contributed by atoms with Gasteiger partial charge >= 0.3 is 0 Å². The Morgan fingerprint density at radius 1 is 1.26 bits per heavy atom. The third-order valence-corrected chi connectivity index (χ3v) is 3.16. The minimum Gasteiger partial charge on any atom is -0.384 e. The van der Waals surface area contributed by atoms with Crippen molar-refractivity contribution in [1.82, 2.24) is 4.98 Å². The van der Waals surface area contributed by atoms with E-state index in [1.54, 1.807) is 0 Å². The number of benzene rings is 1. The highest BCUT2D eigenvalue weighted by Gasteiger charge is 2.20. The van der Waals surface area contributed by atoms with Gasteiger partial charge < -0.3 is 5.32 Å². The van der Waals surface area contributed by atoms with E-state index in [-0.39, 0.29) is 11.3 Å². The summed E-state index contributed by atoms with van der Waals surface area (Å²) in [5, 5.41) is 3.05. The number of nitrogens with one attached hydrogen (secondary N) is 1. The number of rotatable bonds is 2. The molecule has 0 saturated heterocycles. The van der Waals surface area contributed by atoms with Crippen LogP contribution in [0.25, 0.3) is 11.3 Å². The number of hydrogen-bond acceptors (Lipinski definition) is 3. The summed E-state index contributed by atoms with van der Waals surface area (Å²) < 4.78 is 27.5. The maximum atomic E-state index is 14.0. The second-order valence-corrected chi connectivity index (χ2v) is 4.37. The highest BCUT2D eigenvalue weighted by atomic mass is 19.1. The van der Waals surface area contributed by atoms with Crippen LogP contribution < -0.4 is 5.32 Å². The lowest BCUT2D eigenvalue weighted by Crippen LogP contribution is -1.96. The third-order valence-electron chi connectivity index (χ3n) is 3.16. The highest BCUT2D eigenvalue weighted by Crippen LogP contribution is 2.34. The predicted molar refractivity (Wildman–Crippen MR) is 67.2 cm³/mol. The van der Waals surface area contributed by atoms with Crippen molar-refractivity contribution in [2.24, 2.45) is 0 Å². The lowest BCUT2D eigenvalue weighted by atomic mass is 10.0. The number of fused-ring (bicyclic) bond motifs is 1. The molecule has 1 aromatic heterocycles. The zero-order chi connectivity index (χ0) is 13.4. The number of carbonyl (C=O) groups is 1. The number of aromatic nitrogens is 1. The first-order valence-corrected chi connectivity index (χ1v) is 5.86. The Bertz CT molecular complexity index is 671. The van der Waals surface area contributed by atoms with Crippen molar-refractivity contribution in [2.75, 3.05) is 11.9 Å². The van der Waals surface area contributed by atoms with E-state index in [4.69, 9.17) is 0 Å². The summed E-state index contributed by atoms with van der Waals surface area (Å²) in [5.41, 5.74) is 2.20. The van der Waals surface area contributed by atoms with Crippen LogP contribution >= 0.6 is 0 Å². The summed E-state index contributed by atoms with van der Waals surface area (Å²) in [6, 6.07) is 3.77. The summed E-state index contributed by atoms with van der Waals surface area (Å²) in [6.07, 6.45) is 2.50. The van der Waals surface area contributed by atoms with E-state index in [0.29, 0.717) is 30.5 Å². The van der Waals surface area contributed by atoms with Gasteiger partial charge in [0.2, 0.25) is 0 Å². The molecule has 19 heavy (non-hydrogen) atoms. The molecule has 0 atom stereocenters. The van der Waals surface area contributed by atoms with Gasteiger partial charge in [0, 0.05) is 29.6 Å². The molecule has 3 nitrogen and oxygen atoms in total. The average Bonchev–Trinajstić information content (AvgIpc) is 2.85. The second-order valence-electron chi connectivity index (χ2n) is 4.37. The molecule has 0 fully saturated rings. The SMILES string of the molecule is O=Cc1cnc(-c2cc(F)cc3c2CCN3)c(F)c1. The molecule has 2 aromatic rings. The fourth-order valence-corrected chi connectivity index (χ4v) is 2.31. The zero-order valence-electron chi connectivity index (χ0n) is 9.91. The van der Waals surface area contributed by atoms with E-state index in [2.05, 4.69) is 10.3 Å². The number of hydrogen-bond donors (Lipinski definition) is 1. The Morgan fingerprint density at radius 3 is 2.84 bits per heavy atom. The quantitative estimate of drug-likeness (QED) is 0.844. The van der Waals surface area contributed by atoms with Crippen molar-refractivity contribution in [3.63, 3.8) is 0 Å². The molecule has 1 N–H and O–H groups in total.